The van der Waals surface area contributed by atoms with E-state index < -0.39 is 0 Å². The summed E-state index contributed by atoms with van der Waals surface area (Å²) in [5, 5.41) is 4.17. The number of urea groups is 1. The van der Waals surface area contributed by atoms with Crippen molar-refractivity contribution in [3.63, 3.8) is 0 Å². The molecular weight excluding hydrogens is 414 g/mol. The summed E-state index contributed by atoms with van der Waals surface area (Å²) in [7, 11) is 1.63. The number of amides is 2. The Kier molecular flexibility index (Phi) is 7.02. The highest BCUT2D eigenvalue weighted by molar-refractivity contribution is 5.83. The van der Waals surface area contributed by atoms with Crippen molar-refractivity contribution >= 4 is 16.9 Å². The van der Waals surface area contributed by atoms with Crippen LogP contribution in [0, 0.1) is 13.8 Å². The van der Waals surface area contributed by atoms with E-state index >= 15 is 0 Å². The van der Waals surface area contributed by atoms with Crippen molar-refractivity contribution in [2.75, 3.05) is 7.11 Å². The topological polar surface area (TPSA) is 74.4 Å². The second-order valence-electron chi connectivity index (χ2n) is 9.05. The van der Waals surface area contributed by atoms with Crippen LogP contribution in [-0.2, 0) is 13.1 Å². The number of aromatic nitrogens is 1. The summed E-state index contributed by atoms with van der Waals surface area (Å²) in [5.74, 6) is 0.728. The fraction of sp³-hybridized carbons (Fsp3) is 0.407. The summed E-state index contributed by atoms with van der Waals surface area (Å²) in [6, 6.07) is 13.7. The van der Waals surface area contributed by atoms with Crippen molar-refractivity contribution in [2.45, 2.75) is 65.1 Å². The molecule has 1 aliphatic rings. The lowest BCUT2D eigenvalue weighted by atomic mass is 9.96. The molecule has 1 saturated carbocycles. The molecule has 174 valence electrons. The number of hydrogen-bond donors (Lipinski definition) is 2. The Hall–Kier alpha value is -3.28. The molecule has 2 N–H and O–H groups in total. The number of ether oxygens (including phenoxy) is 1. The maximum atomic E-state index is 13.4. The summed E-state index contributed by atoms with van der Waals surface area (Å²) >= 11 is 0. The van der Waals surface area contributed by atoms with Crippen LogP contribution in [0.2, 0.25) is 0 Å². The molecular formula is C27H33N3O3. The molecule has 0 spiro atoms. The molecule has 33 heavy (non-hydrogen) atoms. The highest BCUT2D eigenvalue weighted by Gasteiger charge is 2.22. The van der Waals surface area contributed by atoms with Crippen molar-refractivity contribution in [1.82, 2.24) is 15.2 Å². The fourth-order valence-electron chi connectivity index (χ4n) is 4.64. The third-order valence-corrected chi connectivity index (χ3v) is 6.76. The van der Waals surface area contributed by atoms with E-state index in [1.807, 2.05) is 50.2 Å². The van der Waals surface area contributed by atoms with Gasteiger partial charge < -0.3 is 19.9 Å². The Bertz CT molecular complexity index is 1190. The number of H-pyrrole nitrogens is 1. The number of fused-ring (bicyclic) bond motifs is 1. The van der Waals surface area contributed by atoms with Crippen molar-refractivity contribution in [2.24, 2.45) is 0 Å². The van der Waals surface area contributed by atoms with E-state index in [0.29, 0.717) is 12.1 Å². The minimum Gasteiger partial charge on any atom is -0.496 e. The van der Waals surface area contributed by atoms with Crippen LogP contribution in [0.25, 0.3) is 10.9 Å². The van der Waals surface area contributed by atoms with Crippen LogP contribution in [0.4, 0.5) is 4.79 Å². The lowest BCUT2D eigenvalue weighted by Crippen LogP contribution is -2.45. The van der Waals surface area contributed by atoms with E-state index in [2.05, 4.69) is 16.4 Å². The molecule has 2 amide bonds. The van der Waals surface area contributed by atoms with Gasteiger partial charge in [-0.25, -0.2) is 4.79 Å². The predicted molar refractivity (Wildman–Crippen MR) is 132 cm³/mol. The molecule has 4 rings (SSSR count). The standard InChI is InChI=1S/C27H33N3O3/c1-18-13-14-20-15-22(26(31)29-25(20)19(18)2)17-30(16-21-9-7-8-12-24(21)33-3)27(32)28-23-10-5-4-6-11-23/h7-9,12-15,23H,4-6,10-11,16-17H2,1-3H3,(H,28,32)(H,29,31). The Morgan fingerprint density at radius 2 is 1.79 bits per heavy atom. The van der Waals surface area contributed by atoms with Gasteiger partial charge in [-0.3, -0.25) is 4.79 Å². The second kappa shape index (κ2) is 10.1. The number of hydrogen-bond acceptors (Lipinski definition) is 3. The first-order valence-corrected chi connectivity index (χ1v) is 11.8. The molecule has 2 aromatic carbocycles. The number of pyridine rings is 1. The first kappa shape index (κ1) is 22.9. The minimum absolute atomic E-state index is 0.146. The Morgan fingerprint density at radius 1 is 1.06 bits per heavy atom. The maximum absolute atomic E-state index is 13.4. The minimum atomic E-state index is -0.160. The third-order valence-electron chi connectivity index (χ3n) is 6.76. The maximum Gasteiger partial charge on any atom is 0.318 e. The molecule has 1 heterocycles. The lowest BCUT2D eigenvalue weighted by molar-refractivity contribution is 0.183. The fourth-order valence-corrected chi connectivity index (χ4v) is 4.64. The van der Waals surface area contributed by atoms with Crippen molar-refractivity contribution in [1.29, 1.82) is 0 Å². The smallest absolute Gasteiger partial charge is 0.318 e. The number of rotatable bonds is 6. The van der Waals surface area contributed by atoms with Crippen molar-refractivity contribution in [3.8, 4) is 5.75 Å². The summed E-state index contributed by atoms with van der Waals surface area (Å²) < 4.78 is 5.51. The Morgan fingerprint density at radius 3 is 2.55 bits per heavy atom. The van der Waals surface area contributed by atoms with E-state index in [9.17, 15) is 9.59 Å². The molecule has 0 radical (unpaired) electrons. The molecule has 6 nitrogen and oxygen atoms in total. The van der Waals surface area contributed by atoms with Gasteiger partial charge in [0.05, 0.1) is 25.7 Å². The van der Waals surface area contributed by atoms with Gasteiger partial charge in [-0.05, 0) is 55.3 Å². The molecule has 0 atom stereocenters. The number of aryl methyl sites for hydroxylation is 2. The van der Waals surface area contributed by atoms with Crippen LogP contribution < -0.4 is 15.6 Å². The molecule has 3 aromatic rings. The number of aromatic amines is 1. The average molecular weight is 448 g/mol. The zero-order chi connectivity index (χ0) is 23.4. The van der Waals surface area contributed by atoms with Gasteiger partial charge in [0.25, 0.3) is 5.56 Å². The van der Waals surface area contributed by atoms with Gasteiger partial charge in [-0.2, -0.15) is 0 Å². The molecule has 1 fully saturated rings. The normalized spacial score (nSPS) is 14.3. The van der Waals surface area contributed by atoms with Gasteiger partial charge >= 0.3 is 6.03 Å². The number of carbonyl (C=O) groups is 1. The van der Waals surface area contributed by atoms with Gasteiger partial charge in [-0.15, -0.1) is 0 Å². The third kappa shape index (κ3) is 5.21. The van der Waals surface area contributed by atoms with Crippen molar-refractivity contribution < 1.29 is 9.53 Å². The predicted octanol–water partition coefficient (Wildman–Crippen LogP) is 5.20. The molecule has 0 unspecified atom stereocenters. The van der Waals surface area contributed by atoms with Gasteiger partial charge in [0, 0.05) is 17.2 Å². The molecule has 0 bridgehead atoms. The number of benzene rings is 2. The van der Waals surface area contributed by atoms with Gasteiger partial charge in [0.2, 0.25) is 0 Å². The molecule has 1 aliphatic carbocycles. The van der Waals surface area contributed by atoms with Gasteiger partial charge in [0.15, 0.2) is 0 Å². The number of methoxy groups -OCH3 is 1. The Balaban J connectivity index is 1.65. The molecule has 0 saturated heterocycles. The van der Waals surface area contributed by atoms with Crippen LogP contribution in [0.5, 0.6) is 5.75 Å². The number of para-hydroxylation sites is 1. The van der Waals surface area contributed by atoms with Crippen LogP contribution in [0.1, 0.15) is 54.4 Å². The Labute approximate surface area is 195 Å². The van der Waals surface area contributed by atoms with E-state index in [4.69, 9.17) is 4.74 Å². The lowest BCUT2D eigenvalue weighted by Gasteiger charge is -2.29. The molecule has 6 heteroatoms. The first-order valence-electron chi connectivity index (χ1n) is 11.8. The van der Waals surface area contributed by atoms with Crippen LogP contribution in [-0.4, -0.2) is 29.1 Å². The number of nitrogens with one attached hydrogen (secondary N) is 2. The summed E-state index contributed by atoms with van der Waals surface area (Å²) in [5.41, 5.74) is 4.37. The summed E-state index contributed by atoms with van der Waals surface area (Å²) in [4.78, 5) is 31.1. The van der Waals surface area contributed by atoms with Crippen LogP contribution in [0.15, 0.2) is 47.3 Å². The molecule has 1 aromatic heterocycles. The van der Waals surface area contributed by atoms with Crippen LogP contribution in [0.3, 0.4) is 0 Å². The summed E-state index contributed by atoms with van der Waals surface area (Å²) in [6.45, 7) is 4.62. The van der Waals surface area contributed by atoms with E-state index in [1.54, 1.807) is 12.0 Å². The zero-order valence-corrected chi connectivity index (χ0v) is 19.7. The first-order chi connectivity index (χ1) is 16.0. The summed E-state index contributed by atoms with van der Waals surface area (Å²) in [6.07, 6.45) is 5.51. The van der Waals surface area contributed by atoms with Crippen molar-refractivity contribution in [3.05, 3.63) is 75.1 Å². The van der Waals surface area contributed by atoms with Gasteiger partial charge in [-0.1, -0.05) is 49.6 Å². The van der Waals surface area contributed by atoms with E-state index in [1.165, 1.54) is 6.42 Å². The SMILES string of the molecule is COc1ccccc1CN(Cc1cc2ccc(C)c(C)c2[nH]c1=O)C(=O)NC1CCCCC1. The largest absolute Gasteiger partial charge is 0.496 e. The van der Waals surface area contributed by atoms with E-state index in [0.717, 1.165) is 59.0 Å². The van der Waals surface area contributed by atoms with Gasteiger partial charge in [0.1, 0.15) is 5.75 Å². The van der Waals surface area contributed by atoms with Crippen LogP contribution >= 0.6 is 0 Å². The quantitative estimate of drug-likeness (QED) is 0.546. The van der Waals surface area contributed by atoms with E-state index in [-0.39, 0.29) is 24.2 Å². The monoisotopic (exact) mass is 447 g/mol. The number of carbonyl (C=O) groups excluding carboxylic acids is 1. The zero-order valence-electron chi connectivity index (χ0n) is 19.7. The number of nitrogens with zero attached hydrogens (tertiary/aromatic N) is 1. The highest BCUT2D eigenvalue weighted by Crippen LogP contribution is 2.23. The second-order valence-corrected chi connectivity index (χ2v) is 9.05. The average Bonchev–Trinajstić information content (AvgIpc) is 2.83. The highest BCUT2D eigenvalue weighted by atomic mass is 16.5. The molecule has 0 aliphatic heterocycles.